The molecule has 2 aromatic rings. The summed E-state index contributed by atoms with van der Waals surface area (Å²) in [5.74, 6) is -0.248. The van der Waals surface area contributed by atoms with Crippen LogP contribution in [0.2, 0.25) is 0 Å². The van der Waals surface area contributed by atoms with Gasteiger partial charge in [0.05, 0.1) is 0 Å². The molecule has 1 aliphatic heterocycles. The number of urea groups is 1. The summed E-state index contributed by atoms with van der Waals surface area (Å²) in [6.45, 7) is 5.74. The Hall–Kier alpha value is -2.44. The number of nitrogens with one attached hydrogen (secondary N) is 1. The molecule has 0 atom stereocenters. The first-order valence-electron chi connectivity index (χ1n) is 11.0. The number of carbonyl (C=O) groups excluding carboxylic acids is 1. The van der Waals surface area contributed by atoms with E-state index < -0.39 is 0 Å². The van der Waals surface area contributed by atoms with Gasteiger partial charge in [-0.25, -0.2) is 9.18 Å². The Morgan fingerprint density at radius 3 is 2.29 bits per heavy atom. The molecule has 1 fully saturated rings. The van der Waals surface area contributed by atoms with Crippen LogP contribution in [0.5, 0.6) is 0 Å². The maximum absolute atomic E-state index is 13.9. The lowest BCUT2D eigenvalue weighted by molar-refractivity contribution is 0.0500. The molecule has 0 bridgehead atoms. The van der Waals surface area contributed by atoms with Gasteiger partial charge in [0, 0.05) is 44.8 Å². The van der Waals surface area contributed by atoms with E-state index in [4.69, 9.17) is 4.74 Å². The van der Waals surface area contributed by atoms with E-state index in [-0.39, 0.29) is 17.3 Å². The van der Waals surface area contributed by atoms with Gasteiger partial charge in [-0.1, -0.05) is 36.4 Å². The van der Waals surface area contributed by atoms with Crippen LogP contribution in [0.1, 0.15) is 36.5 Å². The fraction of sp³-hybridized carbons (Fsp3) is 0.480. The number of amides is 2. The summed E-state index contributed by atoms with van der Waals surface area (Å²) >= 11 is 0. The summed E-state index contributed by atoms with van der Waals surface area (Å²) < 4.78 is 19.4. The van der Waals surface area contributed by atoms with Crippen molar-refractivity contribution >= 4 is 6.03 Å². The molecule has 6 heteroatoms. The highest BCUT2D eigenvalue weighted by Gasteiger charge is 2.35. The molecule has 1 heterocycles. The Kier molecular flexibility index (Phi) is 8.04. The normalized spacial score (nSPS) is 15.6. The molecule has 1 aliphatic rings. The molecule has 0 aromatic heterocycles. The van der Waals surface area contributed by atoms with Crippen LogP contribution in [-0.2, 0) is 23.2 Å². The van der Waals surface area contributed by atoms with E-state index in [1.165, 1.54) is 11.6 Å². The molecule has 2 aromatic carbocycles. The highest BCUT2D eigenvalue weighted by atomic mass is 19.1. The van der Waals surface area contributed by atoms with E-state index in [9.17, 15) is 9.18 Å². The number of rotatable bonds is 8. The van der Waals surface area contributed by atoms with Gasteiger partial charge in [0.25, 0.3) is 0 Å². The largest absolute Gasteiger partial charge is 0.381 e. The predicted molar refractivity (Wildman–Crippen MR) is 121 cm³/mol. The third-order valence-corrected chi connectivity index (χ3v) is 6.03. The third-order valence-electron chi connectivity index (χ3n) is 6.03. The highest BCUT2D eigenvalue weighted by molar-refractivity contribution is 5.74. The minimum absolute atomic E-state index is 0.0952. The van der Waals surface area contributed by atoms with Gasteiger partial charge >= 0.3 is 6.03 Å². The smallest absolute Gasteiger partial charge is 0.317 e. The van der Waals surface area contributed by atoms with Crippen LogP contribution in [0.15, 0.2) is 48.5 Å². The van der Waals surface area contributed by atoms with Crippen LogP contribution < -0.4 is 5.32 Å². The van der Waals surface area contributed by atoms with Crippen LogP contribution in [0.3, 0.4) is 0 Å². The zero-order valence-electron chi connectivity index (χ0n) is 18.9. The molecule has 31 heavy (non-hydrogen) atoms. The number of carbonyl (C=O) groups is 1. The van der Waals surface area contributed by atoms with E-state index in [1.54, 1.807) is 17.0 Å². The summed E-state index contributed by atoms with van der Waals surface area (Å²) in [4.78, 5) is 16.9. The molecule has 0 saturated carbocycles. The van der Waals surface area contributed by atoms with Crippen LogP contribution in [0.25, 0.3) is 0 Å². The first kappa shape index (κ1) is 23.2. The minimum Gasteiger partial charge on any atom is -0.381 e. The van der Waals surface area contributed by atoms with Crippen molar-refractivity contribution in [1.82, 2.24) is 15.1 Å². The molecule has 1 N–H and O–H groups in total. The first-order chi connectivity index (χ1) is 14.9. The third kappa shape index (κ3) is 6.28. The standard InChI is InChI=1S/C25H34FN3O2/c1-4-29(18-21-10-8-20(9-11-21)17-28(2)3)24(30)27-19-25(12-14-31-15-13-25)22-6-5-7-23(26)16-22/h5-11,16H,4,12-15,17-19H2,1-3H3,(H,27,30). The lowest BCUT2D eigenvalue weighted by atomic mass is 9.74. The molecule has 0 radical (unpaired) electrons. The predicted octanol–water partition coefficient (Wildman–Crippen LogP) is 4.17. The first-order valence-corrected chi connectivity index (χ1v) is 11.0. The Balaban J connectivity index is 1.65. The number of nitrogens with zero attached hydrogens (tertiary/aromatic N) is 2. The highest BCUT2D eigenvalue weighted by Crippen LogP contribution is 2.34. The lowest BCUT2D eigenvalue weighted by Crippen LogP contribution is -2.48. The van der Waals surface area contributed by atoms with Crippen molar-refractivity contribution in [3.63, 3.8) is 0 Å². The molecule has 2 amide bonds. The molecule has 5 nitrogen and oxygen atoms in total. The maximum Gasteiger partial charge on any atom is 0.317 e. The Morgan fingerprint density at radius 2 is 1.71 bits per heavy atom. The Labute approximate surface area is 185 Å². The van der Waals surface area contributed by atoms with E-state index in [2.05, 4.69) is 34.5 Å². The van der Waals surface area contributed by atoms with E-state index >= 15 is 0 Å². The van der Waals surface area contributed by atoms with Gasteiger partial charge in [-0.2, -0.15) is 0 Å². The van der Waals surface area contributed by atoms with Gasteiger partial charge in [-0.15, -0.1) is 0 Å². The summed E-state index contributed by atoms with van der Waals surface area (Å²) in [6.07, 6.45) is 1.52. The van der Waals surface area contributed by atoms with Crippen LogP contribution in [0, 0.1) is 5.82 Å². The number of hydrogen-bond acceptors (Lipinski definition) is 3. The van der Waals surface area contributed by atoms with E-state index in [1.807, 2.05) is 27.1 Å². The summed E-state index contributed by atoms with van der Waals surface area (Å²) in [5.41, 5.74) is 2.97. The van der Waals surface area contributed by atoms with Gasteiger partial charge < -0.3 is 19.9 Å². The number of halogens is 1. The second-order valence-electron chi connectivity index (χ2n) is 8.63. The molecule has 168 valence electrons. The van der Waals surface area contributed by atoms with Crippen LogP contribution >= 0.6 is 0 Å². The molecular formula is C25H34FN3O2. The molecule has 0 spiro atoms. The van der Waals surface area contributed by atoms with Crippen molar-refractivity contribution < 1.29 is 13.9 Å². The minimum atomic E-state index is -0.302. The van der Waals surface area contributed by atoms with Crippen molar-refractivity contribution in [2.45, 2.75) is 38.3 Å². The van der Waals surface area contributed by atoms with E-state index in [0.717, 1.165) is 30.5 Å². The van der Waals surface area contributed by atoms with Crippen molar-refractivity contribution in [2.75, 3.05) is 40.4 Å². The zero-order chi connectivity index (χ0) is 22.3. The van der Waals surface area contributed by atoms with Crippen molar-refractivity contribution in [3.05, 3.63) is 71.0 Å². The second-order valence-corrected chi connectivity index (χ2v) is 8.63. The molecule has 0 unspecified atom stereocenters. The zero-order valence-corrected chi connectivity index (χ0v) is 18.9. The summed E-state index contributed by atoms with van der Waals surface area (Å²) in [7, 11) is 4.10. The fourth-order valence-corrected chi connectivity index (χ4v) is 4.17. The summed E-state index contributed by atoms with van der Waals surface area (Å²) in [6, 6.07) is 15.0. The van der Waals surface area contributed by atoms with Crippen molar-refractivity contribution in [3.8, 4) is 0 Å². The summed E-state index contributed by atoms with van der Waals surface area (Å²) in [5, 5.41) is 3.12. The molecule has 1 saturated heterocycles. The van der Waals surface area contributed by atoms with E-state index in [0.29, 0.717) is 32.8 Å². The van der Waals surface area contributed by atoms with Crippen molar-refractivity contribution in [1.29, 1.82) is 0 Å². The molecule has 3 rings (SSSR count). The number of hydrogen-bond donors (Lipinski definition) is 1. The average Bonchev–Trinajstić information content (AvgIpc) is 2.77. The number of benzene rings is 2. The monoisotopic (exact) mass is 427 g/mol. The Morgan fingerprint density at radius 1 is 1.06 bits per heavy atom. The van der Waals surface area contributed by atoms with Gasteiger partial charge in [0.2, 0.25) is 0 Å². The van der Waals surface area contributed by atoms with Crippen molar-refractivity contribution in [2.24, 2.45) is 0 Å². The number of ether oxygens (including phenoxy) is 1. The fourth-order valence-electron chi connectivity index (χ4n) is 4.17. The van der Waals surface area contributed by atoms with Gasteiger partial charge in [0.15, 0.2) is 0 Å². The maximum atomic E-state index is 13.9. The molecule has 0 aliphatic carbocycles. The quantitative estimate of drug-likeness (QED) is 0.688. The Bertz CT molecular complexity index is 848. The lowest BCUT2D eigenvalue weighted by Gasteiger charge is -2.38. The van der Waals surface area contributed by atoms with Gasteiger partial charge in [-0.05, 0) is 62.7 Å². The van der Waals surface area contributed by atoms with Crippen LogP contribution in [0.4, 0.5) is 9.18 Å². The van der Waals surface area contributed by atoms with Gasteiger partial charge in [-0.3, -0.25) is 0 Å². The molecular weight excluding hydrogens is 393 g/mol. The topological polar surface area (TPSA) is 44.8 Å². The second kappa shape index (κ2) is 10.7. The van der Waals surface area contributed by atoms with Crippen LogP contribution in [-0.4, -0.2) is 56.2 Å². The average molecular weight is 428 g/mol. The van der Waals surface area contributed by atoms with Gasteiger partial charge in [0.1, 0.15) is 5.82 Å². The SMILES string of the molecule is CCN(Cc1ccc(CN(C)C)cc1)C(=O)NCC1(c2cccc(F)c2)CCOCC1.